The molecule has 2 aromatic rings. The average Bonchev–Trinajstić information content (AvgIpc) is 2.46. The largest absolute Gasteiger partial charge is 0.345 e. The van der Waals surface area contributed by atoms with Crippen LogP contribution in [0.3, 0.4) is 0 Å². The highest BCUT2D eigenvalue weighted by molar-refractivity contribution is 5.64. The number of anilines is 2. The van der Waals surface area contributed by atoms with Crippen LogP contribution in [0.2, 0.25) is 0 Å². The molecular weight excluding hydrogens is 234 g/mol. The molecule has 0 radical (unpaired) electrons. The molecule has 0 aromatic heterocycles. The second-order valence-electron chi connectivity index (χ2n) is 4.60. The first-order valence-corrected chi connectivity index (χ1v) is 6.21. The van der Waals surface area contributed by atoms with E-state index in [4.69, 9.17) is 11.0 Å². The highest BCUT2D eigenvalue weighted by Gasteiger charge is 2.05. The predicted octanol–water partition coefficient (Wildman–Crippen LogP) is 3.35. The number of benzene rings is 2. The summed E-state index contributed by atoms with van der Waals surface area (Å²) in [6.45, 7) is 1.97. The van der Waals surface area contributed by atoms with Gasteiger partial charge in [-0.2, -0.15) is 5.26 Å². The van der Waals surface area contributed by atoms with Gasteiger partial charge < -0.3 is 10.6 Å². The predicted molar refractivity (Wildman–Crippen MR) is 78.3 cm³/mol. The number of nitriles is 1. The van der Waals surface area contributed by atoms with E-state index in [0.29, 0.717) is 5.56 Å². The van der Waals surface area contributed by atoms with E-state index in [1.165, 1.54) is 0 Å². The van der Waals surface area contributed by atoms with Gasteiger partial charge in [-0.1, -0.05) is 18.2 Å². The average molecular weight is 251 g/mol. The van der Waals surface area contributed by atoms with Crippen LogP contribution in [0.5, 0.6) is 0 Å². The van der Waals surface area contributed by atoms with Crippen LogP contribution in [0.15, 0.2) is 48.5 Å². The second kappa shape index (κ2) is 5.55. The lowest BCUT2D eigenvalue weighted by atomic mass is 10.1. The smallest absolute Gasteiger partial charge is 0.0992 e. The SMILES string of the molecule is CC(N)c1ccc(N(C)c2cccc(C#N)c2)cc1. The van der Waals surface area contributed by atoms with E-state index in [1.807, 2.05) is 61.3 Å². The van der Waals surface area contributed by atoms with Gasteiger partial charge in [-0.3, -0.25) is 0 Å². The standard InChI is InChI=1S/C16H17N3/c1-12(18)14-6-8-15(9-7-14)19(2)16-5-3-4-13(10-16)11-17/h3-10,12H,18H2,1-2H3. The van der Waals surface area contributed by atoms with Gasteiger partial charge in [0.2, 0.25) is 0 Å². The number of hydrogen-bond acceptors (Lipinski definition) is 3. The number of nitrogens with zero attached hydrogens (tertiary/aromatic N) is 2. The summed E-state index contributed by atoms with van der Waals surface area (Å²) >= 11 is 0. The fourth-order valence-electron chi connectivity index (χ4n) is 1.93. The molecule has 3 heteroatoms. The van der Waals surface area contributed by atoms with E-state index in [-0.39, 0.29) is 6.04 Å². The van der Waals surface area contributed by atoms with Crippen molar-refractivity contribution in [3.63, 3.8) is 0 Å². The molecule has 96 valence electrons. The van der Waals surface area contributed by atoms with E-state index in [1.54, 1.807) is 6.07 Å². The fraction of sp³-hybridized carbons (Fsp3) is 0.188. The van der Waals surface area contributed by atoms with Gasteiger partial charge >= 0.3 is 0 Å². The Kier molecular flexibility index (Phi) is 3.84. The Morgan fingerprint density at radius 2 is 1.79 bits per heavy atom. The Morgan fingerprint density at radius 3 is 2.37 bits per heavy atom. The van der Waals surface area contributed by atoms with Crippen molar-refractivity contribution >= 4 is 11.4 Å². The van der Waals surface area contributed by atoms with Crippen molar-refractivity contribution in [3.8, 4) is 6.07 Å². The van der Waals surface area contributed by atoms with Gasteiger partial charge in [-0.15, -0.1) is 0 Å². The van der Waals surface area contributed by atoms with Gasteiger partial charge in [0.1, 0.15) is 0 Å². The molecule has 19 heavy (non-hydrogen) atoms. The summed E-state index contributed by atoms with van der Waals surface area (Å²) in [7, 11) is 1.98. The molecule has 2 rings (SSSR count). The summed E-state index contributed by atoms with van der Waals surface area (Å²) in [6, 6.07) is 17.9. The highest BCUT2D eigenvalue weighted by Crippen LogP contribution is 2.25. The molecule has 1 atom stereocenters. The Hall–Kier alpha value is -2.31. The Labute approximate surface area is 113 Å². The van der Waals surface area contributed by atoms with E-state index in [9.17, 15) is 0 Å². The molecule has 0 aliphatic rings. The lowest BCUT2D eigenvalue weighted by Gasteiger charge is -2.20. The Balaban J connectivity index is 2.28. The minimum Gasteiger partial charge on any atom is -0.345 e. The van der Waals surface area contributed by atoms with Crippen LogP contribution in [-0.2, 0) is 0 Å². The lowest BCUT2D eigenvalue weighted by molar-refractivity contribution is 0.818. The maximum absolute atomic E-state index is 8.93. The number of nitrogens with two attached hydrogens (primary N) is 1. The van der Waals surface area contributed by atoms with E-state index in [0.717, 1.165) is 16.9 Å². The third-order valence-corrected chi connectivity index (χ3v) is 3.17. The van der Waals surface area contributed by atoms with Crippen LogP contribution in [0.4, 0.5) is 11.4 Å². The van der Waals surface area contributed by atoms with Gasteiger partial charge in [0, 0.05) is 24.5 Å². The zero-order chi connectivity index (χ0) is 13.8. The monoisotopic (exact) mass is 251 g/mol. The normalized spacial score (nSPS) is 11.7. The summed E-state index contributed by atoms with van der Waals surface area (Å²) in [5.41, 5.74) is 9.68. The molecule has 1 unspecified atom stereocenters. The first-order valence-electron chi connectivity index (χ1n) is 6.21. The Bertz CT molecular complexity index is 594. The van der Waals surface area contributed by atoms with E-state index < -0.39 is 0 Å². The summed E-state index contributed by atoms with van der Waals surface area (Å²) in [4.78, 5) is 2.05. The molecule has 2 aromatic carbocycles. The second-order valence-corrected chi connectivity index (χ2v) is 4.60. The number of hydrogen-bond donors (Lipinski definition) is 1. The van der Waals surface area contributed by atoms with Gasteiger partial charge in [0.15, 0.2) is 0 Å². The molecule has 0 heterocycles. The maximum Gasteiger partial charge on any atom is 0.0992 e. The highest BCUT2D eigenvalue weighted by atomic mass is 15.1. The van der Waals surface area contributed by atoms with Crippen LogP contribution in [0.25, 0.3) is 0 Å². The summed E-state index contributed by atoms with van der Waals surface area (Å²) in [6.07, 6.45) is 0. The first kappa shape index (κ1) is 13.1. The van der Waals surface area contributed by atoms with Crippen LogP contribution < -0.4 is 10.6 Å². The molecule has 2 N–H and O–H groups in total. The third kappa shape index (κ3) is 2.93. The molecule has 0 aliphatic heterocycles. The molecule has 0 amide bonds. The van der Waals surface area contributed by atoms with Crippen LogP contribution >= 0.6 is 0 Å². The molecule has 0 fully saturated rings. The van der Waals surface area contributed by atoms with Crippen LogP contribution in [0.1, 0.15) is 24.1 Å². The maximum atomic E-state index is 8.93. The van der Waals surface area contributed by atoms with Gasteiger partial charge in [-0.25, -0.2) is 0 Å². The summed E-state index contributed by atoms with van der Waals surface area (Å²) in [5, 5.41) is 8.93. The van der Waals surface area contributed by atoms with Crippen molar-refractivity contribution in [2.75, 3.05) is 11.9 Å². The van der Waals surface area contributed by atoms with Gasteiger partial charge in [0.25, 0.3) is 0 Å². The molecule has 0 aliphatic carbocycles. The van der Waals surface area contributed by atoms with Crippen LogP contribution in [0, 0.1) is 11.3 Å². The van der Waals surface area contributed by atoms with Gasteiger partial charge in [-0.05, 0) is 42.8 Å². The quantitative estimate of drug-likeness (QED) is 0.910. The summed E-state index contributed by atoms with van der Waals surface area (Å²) in [5.74, 6) is 0. The topological polar surface area (TPSA) is 53.0 Å². The fourth-order valence-corrected chi connectivity index (χ4v) is 1.93. The molecule has 0 saturated carbocycles. The molecule has 0 bridgehead atoms. The first-order chi connectivity index (χ1) is 9.11. The van der Waals surface area contributed by atoms with E-state index >= 15 is 0 Å². The minimum atomic E-state index is 0.0428. The third-order valence-electron chi connectivity index (χ3n) is 3.17. The minimum absolute atomic E-state index is 0.0428. The number of rotatable bonds is 3. The van der Waals surface area contributed by atoms with Crippen molar-refractivity contribution in [2.45, 2.75) is 13.0 Å². The zero-order valence-electron chi connectivity index (χ0n) is 11.2. The van der Waals surface area contributed by atoms with Crippen LogP contribution in [-0.4, -0.2) is 7.05 Å². The zero-order valence-corrected chi connectivity index (χ0v) is 11.2. The van der Waals surface area contributed by atoms with Crippen molar-refractivity contribution in [2.24, 2.45) is 5.73 Å². The van der Waals surface area contributed by atoms with Crippen molar-refractivity contribution in [3.05, 3.63) is 59.7 Å². The molecule has 3 nitrogen and oxygen atoms in total. The Morgan fingerprint density at radius 1 is 1.11 bits per heavy atom. The lowest BCUT2D eigenvalue weighted by Crippen LogP contribution is -2.10. The summed E-state index contributed by atoms with van der Waals surface area (Å²) < 4.78 is 0. The van der Waals surface area contributed by atoms with Crippen molar-refractivity contribution < 1.29 is 0 Å². The van der Waals surface area contributed by atoms with Crippen molar-refractivity contribution in [1.82, 2.24) is 0 Å². The van der Waals surface area contributed by atoms with E-state index in [2.05, 4.69) is 6.07 Å². The van der Waals surface area contributed by atoms with Crippen molar-refractivity contribution in [1.29, 1.82) is 5.26 Å². The molecule has 0 spiro atoms. The van der Waals surface area contributed by atoms with Gasteiger partial charge in [0.05, 0.1) is 11.6 Å². The molecular formula is C16H17N3. The molecule has 0 saturated heterocycles.